The lowest BCUT2D eigenvalue weighted by molar-refractivity contribution is 0.0770. The number of nitrogens with one attached hydrogen (secondary N) is 1. The zero-order valence-corrected chi connectivity index (χ0v) is 9.86. The van der Waals surface area contributed by atoms with Crippen LogP contribution in [0.1, 0.15) is 36.7 Å². The molecule has 1 N–H and O–H groups in total. The normalized spacial score (nSPS) is 10.1. The van der Waals surface area contributed by atoms with Gasteiger partial charge in [0.2, 0.25) is 5.82 Å². The number of rotatable bonds is 6. The van der Waals surface area contributed by atoms with Crippen LogP contribution in [0.5, 0.6) is 0 Å². The first-order valence-corrected chi connectivity index (χ1v) is 5.54. The Morgan fingerprint density at radius 2 is 2.31 bits per heavy atom. The van der Waals surface area contributed by atoms with E-state index in [4.69, 9.17) is 0 Å². The van der Waals surface area contributed by atoms with Crippen LogP contribution in [0.15, 0.2) is 12.7 Å². The highest BCUT2D eigenvalue weighted by molar-refractivity contribution is 5.90. The van der Waals surface area contributed by atoms with Crippen molar-refractivity contribution in [2.75, 3.05) is 13.1 Å². The number of H-pyrrole nitrogens is 1. The summed E-state index contributed by atoms with van der Waals surface area (Å²) in [4.78, 5) is 17.7. The fourth-order valence-corrected chi connectivity index (χ4v) is 1.39. The molecule has 0 bridgehead atoms. The van der Waals surface area contributed by atoms with Crippen molar-refractivity contribution in [2.24, 2.45) is 0 Å². The Bertz CT molecular complexity index is 359. The van der Waals surface area contributed by atoms with Crippen molar-refractivity contribution >= 4 is 5.91 Å². The summed E-state index contributed by atoms with van der Waals surface area (Å²) in [5.41, 5.74) is 0. The van der Waals surface area contributed by atoms with Gasteiger partial charge >= 0.3 is 0 Å². The molecule has 0 aliphatic carbocycles. The molecule has 5 heteroatoms. The predicted octanol–water partition coefficient (Wildman–Crippen LogP) is 1.41. The Morgan fingerprint density at radius 3 is 2.88 bits per heavy atom. The van der Waals surface area contributed by atoms with Crippen molar-refractivity contribution in [3.8, 4) is 0 Å². The van der Waals surface area contributed by atoms with Gasteiger partial charge in [0.25, 0.3) is 5.91 Å². The highest BCUT2D eigenvalue weighted by Crippen LogP contribution is 2.01. The van der Waals surface area contributed by atoms with Gasteiger partial charge in [0.15, 0.2) is 0 Å². The molecule has 0 radical (unpaired) electrons. The topological polar surface area (TPSA) is 61.9 Å². The molecule has 1 amide bonds. The lowest BCUT2D eigenvalue weighted by atomic mass is 10.3. The molecule has 0 saturated heterocycles. The minimum Gasteiger partial charge on any atom is -0.332 e. The van der Waals surface area contributed by atoms with E-state index in [0.29, 0.717) is 13.1 Å². The number of carbonyl (C=O) groups is 1. The lowest BCUT2D eigenvalue weighted by Crippen LogP contribution is -2.31. The molecule has 0 aliphatic heterocycles. The van der Waals surface area contributed by atoms with E-state index in [1.165, 1.54) is 0 Å². The maximum atomic E-state index is 11.9. The molecule has 0 aliphatic rings. The number of aromatic nitrogens is 3. The third kappa shape index (κ3) is 2.92. The maximum absolute atomic E-state index is 11.9. The number of carbonyl (C=O) groups excluding carboxylic acids is 1. The van der Waals surface area contributed by atoms with Crippen LogP contribution in [0.3, 0.4) is 0 Å². The second-order valence-electron chi connectivity index (χ2n) is 3.49. The first-order chi connectivity index (χ1) is 7.72. The van der Waals surface area contributed by atoms with E-state index in [2.05, 4.69) is 28.7 Å². The number of nitrogens with zero attached hydrogens (tertiary/aromatic N) is 3. The molecule has 1 rings (SSSR count). The Kier molecular flexibility index (Phi) is 4.69. The molecule has 0 unspecified atom stereocenters. The van der Waals surface area contributed by atoms with Crippen molar-refractivity contribution in [3.63, 3.8) is 0 Å². The van der Waals surface area contributed by atoms with E-state index >= 15 is 0 Å². The maximum Gasteiger partial charge on any atom is 0.293 e. The van der Waals surface area contributed by atoms with Crippen LogP contribution >= 0.6 is 0 Å². The third-order valence-corrected chi connectivity index (χ3v) is 2.23. The van der Waals surface area contributed by atoms with Crippen molar-refractivity contribution in [3.05, 3.63) is 24.3 Å². The molecule has 0 fully saturated rings. The SMILES string of the molecule is C=CCN(CC)C(=O)c1n[nH]c(CCC)n1. The van der Waals surface area contributed by atoms with Gasteiger partial charge in [0.1, 0.15) is 5.82 Å². The van der Waals surface area contributed by atoms with Crippen LogP contribution in [0.2, 0.25) is 0 Å². The fraction of sp³-hybridized carbons (Fsp3) is 0.545. The minimum absolute atomic E-state index is 0.152. The summed E-state index contributed by atoms with van der Waals surface area (Å²) in [5.74, 6) is 0.855. The van der Waals surface area contributed by atoms with Crippen LogP contribution < -0.4 is 0 Å². The summed E-state index contributed by atoms with van der Waals surface area (Å²) in [5, 5.41) is 6.70. The summed E-state index contributed by atoms with van der Waals surface area (Å²) in [6.07, 6.45) is 3.49. The molecular formula is C11H18N4O. The quantitative estimate of drug-likeness (QED) is 0.740. The van der Waals surface area contributed by atoms with Gasteiger partial charge in [0.05, 0.1) is 0 Å². The van der Waals surface area contributed by atoms with E-state index < -0.39 is 0 Å². The molecule has 5 nitrogen and oxygen atoms in total. The Labute approximate surface area is 95.6 Å². The van der Waals surface area contributed by atoms with E-state index in [1.807, 2.05) is 6.92 Å². The molecule has 88 valence electrons. The molecular weight excluding hydrogens is 204 g/mol. The first kappa shape index (κ1) is 12.4. The van der Waals surface area contributed by atoms with Gasteiger partial charge in [-0.3, -0.25) is 9.89 Å². The lowest BCUT2D eigenvalue weighted by Gasteiger charge is -2.16. The van der Waals surface area contributed by atoms with E-state index in [-0.39, 0.29) is 11.7 Å². The predicted molar refractivity (Wildman–Crippen MR) is 62.2 cm³/mol. The summed E-state index contributed by atoms with van der Waals surface area (Å²) in [7, 11) is 0. The number of hydrogen-bond acceptors (Lipinski definition) is 3. The van der Waals surface area contributed by atoms with Gasteiger partial charge in [-0.2, -0.15) is 0 Å². The first-order valence-electron chi connectivity index (χ1n) is 5.54. The number of hydrogen-bond donors (Lipinski definition) is 1. The average Bonchev–Trinajstić information content (AvgIpc) is 2.74. The van der Waals surface area contributed by atoms with E-state index in [9.17, 15) is 4.79 Å². The Morgan fingerprint density at radius 1 is 1.56 bits per heavy atom. The molecule has 0 saturated carbocycles. The van der Waals surface area contributed by atoms with Crippen LogP contribution in [0.4, 0.5) is 0 Å². The minimum atomic E-state index is -0.152. The van der Waals surface area contributed by atoms with Crippen molar-refractivity contribution in [2.45, 2.75) is 26.7 Å². The highest BCUT2D eigenvalue weighted by atomic mass is 16.2. The van der Waals surface area contributed by atoms with Gasteiger partial charge < -0.3 is 4.90 Å². The van der Waals surface area contributed by atoms with Gasteiger partial charge in [-0.05, 0) is 13.3 Å². The fourth-order valence-electron chi connectivity index (χ4n) is 1.39. The van der Waals surface area contributed by atoms with Gasteiger partial charge in [-0.25, -0.2) is 4.98 Å². The van der Waals surface area contributed by atoms with Gasteiger partial charge in [-0.15, -0.1) is 11.7 Å². The highest BCUT2D eigenvalue weighted by Gasteiger charge is 2.17. The molecule has 0 atom stereocenters. The number of likely N-dealkylation sites (N-methyl/N-ethyl adjacent to an activating group) is 1. The van der Waals surface area contributed by atoms with Crippen LogP contribution in [-0.4, -0.2) is 39.1 Å². The molecule has 1 heterocycles. The number of amides is 1. The van der Waals surface area contributed by atoms with Crippen molar-refractivity contribution in [1.82, 2.24) is 20.1 Å². The summed E-state index contributed by atoms with van der Waals surface area (Å²) < 4.78 is 0. The smallest absolute Gasteiger partial charge is 0.293 e. The second-order valence-corrected chi connectivity index (χ2v) is 3.49. The standard InChI is InChI=1S/C11H18N4O/c1-4-7-9-12-10(14-13-9)11(16)15(6-3)8-5-2/h5H,2,4,6-8H2,1,3H3,(H,12,13,14). The monoisotopic (exact) mass is 222 g/mol. The number of aryl methyl sites for hydroxylation is 1. The molecule has 1 aromatic heterocycles. The van der Waals surface area contributed by atoms with E-state index in [1.54, 1.807) is 11.0 Å². The molecule has 1 aromatic rings. The van der Waals surface area contributed by atoms with Gasteiger partial charge in [0, 0.05) is 19.5 Å². The molecule has 16 heavy (non-hydrogen) atoms. The summed E-state index contributed by atoms with van der Waals surface area (Å²) in [6, 6.07) is 0. The zero-order valence-electron chi connectivity index (χ0n) is 9.86. The Hall–Kier alpha value is -1.65. The Balaban J connectivity index is 2.73. The zero-order chi connectivity index (χ0) is 12.0. The van der Waals surface area contributed by atoms with Crippen LogP contribution in [0.25, 0.3) is 0 Å². The van der Waals surface area contributed by atoms with E-state index in [0.717, 1.165) is 18.7 Å². The third-order valence-electron chi connectivity index (χ3n) is 2.23. The molecule has 0 aromatic carbocycles. The second kappa shape index (κ2) is 6.05. The summed E-state index contributed by atoms with van der Waals surface area (Å²) >= 11 is 0. The van der Waals surface area contributed by atoms with Crippen LogP contribution in [0, 0.1) is 0 Å². The van der Waals surface area contributed by atoms with Crippen molar-refractivity contribution < 1.29 is 4.79 Å². The van der Waals surface area contributed by atoms with Gasteiger partial charge in [-0.1, -0.05) is 13.0 Å². The average molecular weight is 222 g/mol. The summed E-state index contributed by atoms with van der Waals surface area (Å²) in [6.45, 7) is 8.74. The number of aromatic amines is 1. The largest absolute Gasteiger partial charge is 0.332 e. The molecule has 0 spiro atoms. The van der Waals surface area contributed by atoms with Crippen molar-refractivity contribution in [1.29, 1.82) is 0 Å². The van der Waals surface area contributed by atoms with Crippen LogP contribution in [-0.2, 0) is 6.42 Å².